The van der Waals surface area contributed by atoms with Crippen molar-refractivity contribution in [3.63, 3.8) is 0 Å². The number of benzene rings is 1. The minimum absolute atomic E-state index is 0.0214. The zero-order valence-corrected chi connectivity index (χ0v) is 16.6. The van der Waals surface area contributed by atoms with Crippen molar-refractivity contribution in [2.75, 3.05) is 5.32 Å². The summed E-state index contributed by atoms with van der Waals surface area (Å²) in [5, 5.41) is 7.04. The number of aromatic amines is 1. The highest BCUT2D eigenvalue weighted by atomic mass is 16.3. The summed E-state index contributed by atoms with van der Waals surface area (Å²) in [7, 11) is 0. The number of nitrogens with zero attached hydrogens (tertiary/aromatic N) is 3. The van der Waals surface area contributed by atoms with Crippen LogP contribution in [0.5, 0.6) is 0 Å². The zero-order valence-electron chi connectivity index (χ0n) is 16.6. The Labute approximate surface area is 171 Å². The second-order valence-corrected chi connectivity index (χ2v) is 6.89. The molecule has 3 heterocycles. The number of unbranched alkanes of at least 4 members (excludes halogenated alkanes) is 1. The van der Waals surface area contributed by atoms with Crippen molar-refractivity contribution in [3.05, 3.63) is 74.8 Å². The largest absolute Gasteiger partial charge is 0.444 e. The predicted octanol–water partition coefficient (Wildman–Crippen LogP) is 2.83. The fourth-order valence-electron chi connectivity index (χ4n) is 3.38. The lowest BCUT2D eigenvalue weighted by molar-refractivity contribution is 0.102. The van der Waals surface area contributed by atoms with E-state index < -0.39 is 17.2 Å². The topological polar surface area (TPSA) is 115 Å². The average molecular weight is 407 g/mol. The number of hydrogen-bond donors (Lipinski definition) is 2. The van der Waals surface area contributed by atoms with Gasteiger partial charge in [0.15, 0.2) is 0 Å². The van der Waals surface area contributed by atoms with Gasteiger partial charge >= 0.3 is 5.69 Å². The smallest absolute Gasteiger partial charge is 0.335 e. The van der Waals surface area contributed by atoms with Gasteiger partial charge in [0.2, 0.25) is 5.71 Å². The molecule has 30 heavy (non-hydrogen) atoms. The number of amides is 1. The molecule has 0 unspecified atom stereocenters. The second kappa shape index (κ2) is 7.86. The Kier molecular flexibility index (Phi) is 5.09. The van der Waals surface area contributed by atoms with E-state index >= 15 is 0 Å². The SMILES string of the molecule is CCCCn1nccc1NC(=O)c1c(C)oc2[nH]c(=O)n(-c3ccccc3)c(=O)c12. The Morgan fingerprint density at radius 1 is 1.20 bits per heavy atom. The van der Waals surface area contributed by atoms with Crippen molar-refractivity contribution >= 4 is 22.8 Å². The molecule has 4 rings (SSSR count). The quantitative estimate of drug-likeness (QED) is 0.510. The number of carbonyl (C=O) groups excluding carboxylic acids is 1. The molecule has 0 spiro atoms. The number of aryl methyl sites for hydroxylation is 2. The Morgan fingerprint density at radius 2 is 1.97 bits per heavy atom. The Bertz CT molecular complexity index is 1330. The molecule has 4 aromatic rings. The van der Waals surface area contributed by atoms with Crippen LogP contribution < -0.4 is 16.6 Å². The first-order chi connectivity index (χ1) is 14.5. The molecule has 0 saturated heterocycles. The molecule has 3 aromatic heterocycles. The first-order valence-corrected chi connectivity index (χ1v) is 9.68. The summed E-state index contributed by atoms with van der Waals surface area (Å²) in [6, 6.07) is 10.2. The third-order valence-corrected chi connectivity index (χ3v) is 4.85. The maximum absolute atomic E-state index is 13.2. The molecular formula is C21H21N5O4. The van der Waals surface area contributed by atoms with Crippen LogP contribution in [0.3, 0.4) is 0 Å². The molecule has 154 valence electrons. The predicted molar refractivity (Wildman–Crippen MR) is 112 cm³/mol. The molecule has 0 saturated carbocycles. The van der Waals surface area contributed by atoms with Gasteiger partial charge in [0, 0.05) is 12.6 Å². The number of furan rings is 1. The van der Waals surface area contributed by atoms with Gasteiger partial charge in [-0.25, -0.2) is 14.0 Å². The summed E-state index contributed by atoms with van der Waals surface area (Å²) in [6.07, 6.45) is 3.51. The van der Waals surface area contributed by atoms with Crippen LogP contribution in [-0.2, 0) is 6.54 Å². The second-order valence-electron chi connectivity index (χ2n) is 6.89. The van der Waals surface area contributed by atoms with Crippen molar-refractivity contribution in [2.45, 2.75) is 33.2 Å². The molecule has 0 aliphatic carbocycles. The lowest BCUT2D eigenvalue weighted by Gasteiger charge is -2.08. The van der Waals surface area contributed by atoms with E-state index in [1.165, 1.54) is 0 Å². The number of carbonyl (C=O) groups is 1. The van der Waals surface area contributed by atoms with Crippen LogP contribution in [0, 0.1) is 6.92 Å². The monoisotopic (exact) mass is 407 g/mol. The van der Waals surface area contributed by atoms with Crippen molar-refractivity contribution < 1.29 is 9.21 Å². The molecule has 0 fully saturated rings. The number of aromatic nitrogens is 4. The first-order valence-electron chi connectivity index (χ1n) is 9.68. The Hall–Kier alpha value is -3.88. The third-order valence-electron chi connectivity index (χ3n) is 4.85. The van der Waals surface area contributed by atoms with Gasteiger partial charge in [-0.3, -0.25) is 14.6 Å². The highest BCUT2D eigenvalue weighted by molar-refractivity contribution is 6.12. The number of nitrogens with one attached hydrogen (secondary N) is 2. The zero-order chi connectivity index (χ0) is 21.3. The van der Waals surface area contributed by atoms with E-state index in [-0.39, 0.29) is 22.4 Å². The number of para-hydroxylation sites is 1. The van der Waals surface area contributed by atoms with Crippen LogP contribution in [0.2, 0.25) is 0 Å². The van der Waals surface area contributed by atoms with Crippen LogP contribution in [0.1, 0.15) is 35.9 Å². The van der Waals surface area contributed by atoms with Crippen LogP contribution in [-0.4, -0.2) is 25.2 Å². The molecule has 0 aliphatic rings. The maximum atomic E-state index is 13.2. The van der Waals surface area contributed by atoms with Gasteiger partial charge < -0.3 is 9.73 Å². The molecule has 0 radical (unpaired) electrons. The maximum Gasteiger partial charge on any atom is 0.335 e. The molecule has 1 aromatic carbocycles. The van der Waals surface area contributed by atoms with Crippen molar-refractivity contribution in [1.82, 2.24) is 19.3 Å². The molecule has 0 bridgehead atoms. The van der Waals surface area contributed by atoms with Crippen LogP contribution >= 0.6 is 0 Å². The summed E-state index contributed by atoms with van der Waals surface area (Å²) < 4.78 is 8.22. The molecular weight excluding hydrogens is 386 g/mol. The fourth-order valence-corrected chi connectivity index (χ4v) is 3.38. The number of H-pyrrole nitrogens is 1. The van der Waals surface area contributed by atoms with Gasteiger partial charge in [-0.15, -0.1) is 0 Å². The summed E-state index contributed by atoms with van der Waals surface area (Å²) >= 11 is 0. The minimum Gasteiger partial charge on any atom is -0.444 e. The van der Waals surface area contributed by atoms with Crippen molar-refractivity contribution in [1.29, 1.82) is 0 Å². The Balaban J connectivity index is 1.81. The molecule has 2 N–H and O–H groups in total. The van der Waals surface area contributed by atoms with Gasteiger partial charge in [-0.05, 0) is 25.5 Å². The van der Waals surface area contributed by atoms with E-state index in [0.29, 0.717) is 18.1 Å². The number of rotatable bonds is 6. The Morgan fingerprint density at radius 3 is 2.70 bits per heavy atom. The highest BCUT2D eigenvalue weighted by Gasteiger charge is 2.24. The van der Waals surface area contributed by atoms with Crippen LogP contribution in [0.4, 0.5) is 5.82 Å². The van der Waals surface area contributed by atoms with Crippen molar-refractivity contribution in [3.8, 4) is 5.69 Å². The molecule has 0 atom stereocenters. The number of hydrogen-bond acceptors (Lipinski definition) is 5. The first kappa shape index (κ1) is 19.4. The van der Waals surface area contributed by atoms with Gasteiger partial charge in [-0.1, -0.05) is 31.5 Å². The van der Waals surface area contributed by atoms with E-state index in [4.69, 9.17) is 4.42 Å². The number of fused-ring (bicyclic) bond motifs is 1. The van der Waals surface area contributed by atoms with E-state index in [2.05, 4.69) is 22.3 Å². The van der Waals surface area contributed by atoms with E-state index in [0.717, 1.165) is 17.4 Å². The molecule has 9 nitrogen and oxygen atoms in total. The summed E-state index contributed by atoms with van der Waals surface area (Å²) in [5.74, 6) is 0.254. The normalized spacial score (nSPS) is 11.1. The third kappa shape index (κ3) is 3.34. The highest BCUT2D eigenvalue weighted by Crippen LogP contribution is 2.22. The van der Waals surface area contributed by atoms with Crippen LogP contribution in [0.15, 0.2) is 56.6 Å². The average Bonchev–Trinajstić information content (AvgIpc) is 3.30. The van der Waals surface area contributed by atoms with E-state index in [9.17, 15) is 14.4 Å². The minimum atomic E-state index is -0.642. The molecule has 9 heteroatoms. The standard InChI is InChI=1S/C21H21N5O4/c1-3-4-12-25-15(10-11-22-25)23-18(27)16-13(2)30-19-17(16)20(28)26(21(29)24-19)14-8-6-5-7-9-14/h5-11H,3-4,12H2,1-2H3,(H,23,27)(H,24,29). The van der Waals surface area contributed by atoms with Crippen molar-refractivity contribution in [2.24, 2.45) is 0 Å². The van der Waals surface area contributed by atoms with Crippen LogP contribution in [0.25, 0.3) is 16.8 Å². The van der Waals surface area contributed by atoms with Gasteiger partial charge in [-0.2, -0.15) is 5.10 Å². The summed E-state index contributed by atoms with van der Waals surface area (Å²) in [4.78, 5) is 41.3. The van der Waals surface area contributed by atoms with Gasteiger partial charge in [0.1, 0.15) is 17.0 Å². The molecule has 1 amide bonds. The summed E-state index contributed by atoms with van der Waals surface area (Å²) in [5.41, 5.74) is -0.814. The number of anilines is 1. The summed E-state index contributed by atoms with van der Waals surface area (Å²) in [6.45, 7) is 4.31. The van der Waals surface area contributed by atoms with E-state index in [1.807, 2.05) is 0 Å². The van der Waals surface area contributed by atoms with Gasteiger partial charge in [0.05, 0.1) is 17.4 Å². The fraction of sp³-hybridized carbons (Fsp3) is 0.238. The van der Waals surface area contributed by atoms with E-state index in [1.54, 1.807) is 54.2 Å². The lowest BCUT2D eigenvalue weighted by Crippen LogP contribution is -2.34. The van der Waals surface area contributed by atoms with Gasteiger partial charge in [0.25, 0.3) is 11.5 Å². The lowest BCUT2D eigenvalue weighted by atomic mass is 10.1. The molecule has 0 aliphatic heterocycles.